The van der Waals surface area contributed by atoms with E-state index in [0.29, 0.717) is 32.1 Å². The van der Waals surface area contributed by atoms with Crippen LogP contribution in [0.3, 0.4) is 0 Å². The molecule has 1 aliphatic rings. The van der Waals surface area contributed by atoms with Crippen LogP contribution in [0, 0.1) is 0 Å². The number of nitrogens with one attached hydrogen (secondary N) is 1. The smallest absolute Gasteiger partial charge is 0.243 e. The summed E-state index contributed by atoms with van der Waals surface area (Å²) < 4.78 is 0. The number of carbonyl (C=O) groups is 2. The van der Waals surface area contributed by atoms with Gasteiger partial charge in [0.25, 0.3) is 0 Å². The fourth-order valence-corrected chi connectivity index (χ4v) is 5.48. The lowest BCUT2D eigenvalue weighted by atomic mass is 10.0. The van der Waals surface area contributed by atoms with Crippen molar-refractivity contribution in [3.05, 3.63) is 104 Å². The highest BCUT2D eigenvalue weighted by Crippen LogP contribution is 2.26. The van der Waals surface area contributed by atoms with Crippen molar-refractivity contribution in [1.29, 1.82) is 0 Å². The zero-order valence-electron chi connectivity index (χ0n) is 20.2. The fraction of sp³-hybridized carbons (Fsp3) is 0.310. The minimum atomic E-state index is -0.726. The molecule has 1 fully saturated rings. The van der Waals surface area contributed by atoms with Crippen LogP contribution in [0.15, 0.2) is 66.7 Å². The lowest BCUT2D eigenvalue weighted by molar-refractivity contribution is -0.141. The SMILES string of the molecule is O=C(NC1CCCC1)[C@@H](Cc1ccccc1)N(Cc1ccc(Cl)c(Cl)c1)C(=O)Cc1ccc(Cl)cc1Cl. The molecule has 194 valence electrons. The molecule has 2 amide bonds. The summed E-state index contributed by atoms with van der Waals surface area (Å²) in [6.07, 6.45) is 4.49. The quantitative estimate of drug-likeness (QED) is 0.285. The molecule has 37 heavy (non-hydrogen) atoms. The van der Waals surface area contributed by atoms with Crippen molar-refractivity contribution in [2.75, 3.05) is 0 Å². The normalized spacial score (nSPS) is 14.4. The molecule has 0 aromatic heterocycles. The molecule has 0 bridgehead atoms. The maximum atomic E-state index is 13.9. The van der Waals surface area contributed by atoms with Gasteiger partial charge in [0.15, 0.2) is 0 Å². The maximum Gasteiger partial charge on any atom is 0.243 e. The lowest BCUT2D eigenvalue weighted by Crippen LogP contribution is -2.52. The van der Waals surface area contributed by atoms with Crippen molar-refractivity contribution in [1.82, 2.24) is 10.2 Å². The summed E-state index contributed by atoms with van der Waals surface area (Å²) in [7, 11) is 0. The molecular weight excluding hydrogens is 550 g/mol. The molecule has 0 saturated heterocycles. The van der Waals surface area contributed by atoms with E-state index in [1.165, 1.54) is 0 Å². The molecule has 3 aromatic carbocycles. The van der Waals surface area contributed by atoms with Crippen molar-refractivity contribution in [2.45, 2.75) is 57.2 Å². The van der Waals surface area contributed by atoms with E-state index in [2.05, 4.69) is 5.32 Å². The summed E-state index contributed by atoms with van der Waals surface area (Å²) in [6, 6.07) is 19.4. The summed E-state index contributed by atoms with van der Waals surface area (Å²) in [4.78, 5) is 29.2. The summed E-state index contributed by atoms with van der Waals surface area (Å²) in [6.45, 7) is 0.191. The van der Waals surface area contributed by atoms with E-state index >= 15 is 0 Å². The third-order valence-electron chi connectivity index (χ3n) is 6.67. The van der Waals surface area contributed by atoms with Crippen LogP contribution in [-0.2, 0) is 29.0 Å². The van der Waals surface area contributed by atoms with E-state index in [0.717, 1.165) is 36.8 Å². The third-order valence-corrected chi connectivity index (χ3v) is 7.99. The molecule has 3 aromatic rings. The Kier molecular flexibility index (Phi) is 9.77. The van der Waals surface area contributed by atoms with Gasteiger partial charge in [0.05, 0.1) is 16.5 Å². The Balaban J connectivity index is 1.69. The van der Waals surface area contributed by atoms with Crippen molar-refractivity contribution < 1.29 is 9.59 Å². The molecule has 4 nitrogen and oxygen atoms in total. The van der Waals surface area contributed by atoms with Gasteiger partial charge in [-0.2, -0.15) is 0 Å². The molecule has 1 atom stereocenters. The molecule has 4 rings (SSSR count). The molecule has 0 heterocycles. The predicted octanol–water partition coefficient (Wildman–Crippen LogP) is 7.54. The fourth-order valence-electron chi connectivity index (χ4n) is 4.69. The van der Waals surface area contributed by atoms with Gasteiger partial charge in [-0.25, -0.2) is 0 Å². The van der Waals surface area contributed by atoms with Crippen LogP contribution < -0.4 is 5.32 Å². The molecule has 1 aliphatic carbocycles. The molecule has 0 spiro atoms. The minimum absolute atomic E-state index is 0.0271. The van der Waals surface area contributed by atoms with Crippen molar-refractivity contribution >= 4 is 58.2 Å². The zero-order valence-corrected chi connectivity index (χ0v) is 23.3. The van der Waals surface area contributed by atoms with Gasteiger partial charge in [-0.1, -0.05) is 102 Å². The van der Waals surface area contributed by atoms with Crippen LogP contribution in [0.5, 0.6) is 0 Å². The molecule has 1 saturated carbocycles. The lowest BCUT2D eigenvalue weighted by Gasteiger charge is -2.32. The average molecular weight is 578 g/mol. The monoisotopic (exact) mass is 576 g/mol. The van der Waals surface area contributed by atoms with Crippen LogP contribution in [0.25, 0.3) is 0 Å². The average Bonchev–Trinajstić information content (AvgIpc) is 3.38. The van der Waals surface area contributed by atoms with Crippen molar-refractivity contribution in [3.63, 3.8) is 0 Å². The highest BCUT2D eigenvalue weighted by atomic mass is 35.5. The van der Waals surface area contributed by atoms with Crippen LogP contribution in [0.2, 0.25) is 20.1 Å². The standard InChI is InChI=1S/C29H28Cl4N2O2/c30-22-12-11-21(25(32)17-22)16-28(36)35(18-20-10-13-24(31)26(33)14-20)27(15-19-6-2-1-3-7-19)29(37)34-23-8-4-5-9-23/h1-3,6-7,10-14,17,23,27H,4-5,8-9,15-16,18H2,(H,34,37)/t27-/m1/s1. The molecule has 1 N–H and O–H groups in total. The number of amides is 2. The van der Waals surface area contributed by atoms with Crippen LogP contribution in [0.4, 0.5) is 0 Å². The van der Waals surface area contributed by atoms with Crippen molar-refractivity contribution in [2.24, 2.45) is 0 Å². The number of benzene rings is 3. The Morgan fingerprint density at radius 1 is 0.838 bits per heavy atom. The first-order valence-corrected chi connectivity index (χ1v) is 13.8. The van der Waals surface area contributed by atoms with E-state index in [1.807, 2.05) is 36.4 Å². The molecule has 0 unspecified atom stereocenters. The third kappa shape index (κ3) is 7.64. The number of nitrogens with zero attached hydrogens (tertiary/aromatic N) is 1. The number of halogens is 4. The van der Waals surface area contributed by atoms with Gasteiger partial charge < -0.3 is 10.2 Å². The van der Waals surface area contributed by atoms with E-state index < -0.39 is 6.04 Å². The Morgan fingerprint density at radius 2 is 1.57 bits per heavy atom. The Hall–Kier alpha value is -2.24. The number of rotatable bonds is 9. The van der Waals surface area contributed by atoms with Crippen molar-refractivity contribution in [3.8, 4) is 0 Å². The summed E-state index contributed by atoms with van der Waals surface area (Å²) in [5.74, 6) is -0.385. The summed E-state index contributed by atoms with van der Waals surface area (Å²) in [5.41, 5.74) is 2.38. The van der Waals surface area contributed by atoms with Gasteiger partial charge in [-0.15, -0.1) is 0 Å². The largest absolute Gasteiger partial charge is 0.352 e. The molecule has 8 heteroatoms. The van der Waals surface area contributed by atoms with Gasteiger partial charge in [0, 0.05) is 29.1 Å². The van der Waals surface area contributed by atoms with Gasteiger partial charge in [0.1, 0.15) is 6.04 Å². The minimum Gasteiger partial charge on any atom is -0.352 e. The van der Waals surface area contributed by atoms with Gasteiger partial charge >= 0.3 is 0 Å². The number of hydrogen-bond acceptors (Lipinski definition) is 2. The Bertz CT molecular complexity index is 1250. The van der Waals surface area contributed by atoms with E-state index in [-0.39, 0.29) is 30.8 Å². The first-order chi connectivity index (χ1) is 17.8. The van der Waals surface area contributed by atoms with Crippen LogP contribution >= 0.6 is 46.4 Å². The van der Waals surface area contributed by atoms with Gasteiger partial charge in [-0.3, -0.25) is 9.59 Å². The highest BCUT2D eigenvalue weighted by molar-refractivity contribution is 6.42. The van der Waals surface area contributed by atoms with E-state index in [4.69, 9.17) is 46.4 Å². The first-order valence-electron chi connectivity index (χ1n) is 12.3. The molecule has 0 aliphatic heterocycles. The highest BCUT2D eigenvalue weighted by Gasteiger charge is 2.32. The number of hydrogen-bond donors (Lipinski definition) is 1. The van der Waals surface area contributed by atoms with Gasteiger partial charge in [-0.05, 0) is 53.8 Å². The second kappa shape index (κ2) is 13.0. The number of carbonyl (C=O) groups excluding carboxylic acids is 2. The maximum absolute atomic E-state index is 13.9. The Morgan fingerprint density at radius 3 is 2.24 bits per heavy atom. The van der Waals surface area contributed by atoms with Crippen LogP contribution in [0.1, 0.15) is 42.4 Å². The molecule has 0 radical (unpaired) electrons. The van der Waals surface area contributed by atoms with E-state index in [1.54, 1.807) is 35.2 Å². The predicted molar refractivity (Wildman–Crippen MR) is 152 cm³/mol. The topological polar surface area (TPSA) is 49.4 Å². The van der Waals surface area contributed by atoms with Crippen LogP contribution in [-0.4, -0.2) is 28.8 Å². The van der Waals surface area contributed by atoms with Gasteiger partial charge in [0.2, 0.25) is 11.8 Å². The second-order valence-electron chi connectivity index (χ2n) is 9.38. The molecular formula is C29H28Cl4N2O2. The summed E-state index contributed by atoms with van der Waals surface area (Å²) in [5, 5.41) is 4.92. The zero-order chi connectivity index (χ0) is 26.4. The van der Waals surface area contributed by atoms with E-state index in [9.17, 15) is 9.59 Å². The summed E-state index contributed by atoms with van der Waals surface area (Å²) >= 11 is 24.9. The first kappa shape index (κ1) is 27.8. The second-order valence-corrected chi connectivity index (χ2v) is 11.0. The Labute approximate surface area is 237 Å².